The van der Waals surface area contributed by atoms with Gasteiger partial charge in [0.15, 0.2) is 0 Å². The maximum atomic E-state index is 11.5. The molecule has 0 aromatic carbocycles. The predicted molar refractivity (Wildman–Crippen MR) is 99.3 cm³/mol. The summed E-state index contributed by atoms with van der Waals surface area (Å²) in [5.41, 5.74) is 0. The first kappa shape index (κ1) is 21.4. The van der Waals surface area contributed by atoms with Crippen molar-refractivity contribution in [2.75, 3.05) is 0 Å². The molecule has 1 heteroatoms. The minimum absolute atomic E-state index is 0.219. The summed E-state index contributed by atoms with van der Waals surface area (Å²) in [7, 11) is 0. The monoisotopic (exact) mass is 308 g/mol. The molecule has 0 heterocycles. The van der Waals surface area contributed by atoms with Gasteiger partial charge in [0.1, 0.15) is 5.78 Å². The zero-order chi connectivity index (χ0) is 16.5. The number of unbranched alkanes of at least 4 members (excludes halogenated alkanes) is 11. The highest BCUT2D eigenvalue weighted by atomic mass is 16.1. The Morgan fingerprint density at radius 3 is 1.68 bits per heavy atom. The molecule has 0 aromatic rings. The van der Waals surface area contributed by atoms with Crippen molar-refractivity contribution in [3.8, 4) is 0 Å². The molecule has 0 amide bonds. The molecular weight excluding hydrogens is 268 g/mol. The Bertz CT molecular complexity index is 265. The van der Waals surface area contributed by atoms with Crippen LogP contribution in [0.3, 0.4) is 0 Å². The van der Waals surface area contributed by atoms with E-state index in [1.807, 2.05) is 13.8 Å². The van der Waals surface area contributed by atoms with Crippen LogP contribution in [0.4, 0.5) is 0 Å². The first-order valence-electron chi connectivity index (χ1n) is 9.86. The Labute approximate surface area is 140 Å². The topological polar surface area (TPSA) is 17.1 Å². The Morgan fingerprint density at radius 1 is 0.727 bits per heavy atom. The quantitative estimate of drug-likeness (QED) is 0.217. The Balaban J connectivity index is 3.16. The van der Waals surface area contributed by atoms with Crippen LogP contribution in [-0.2, 0) is 4.79 Å². The number of carbonyl (C=O) groups is 1. The molecule has 0 unspecified atom stereocenters. The second-order valence-corrected chi connectivity index (χ2v) is 6.96. The first-order chi connectivity index (χ1) is 10.7. The van der Waals surface area contributed by atoms with E-state index in [1.165, 1.54) is 77.0 Å². The number of rotatable bonds is 16. The summed E-state index contributed by atoms with van der Waals surface area (Å²) in [6.45, 7) is 6.27. The highest BCUT2D eigenvalue weighted by Gasteiger charge is 2.05. The fourth-order valence-electron chi connectivity index (χ4n) is 2.66. The standard InChI is InChI=1S/C21H40O/c1-4-5-6-7-8-9-10-11-12-13-14-15-16-17-18-19-21(22)20(2)3/h11-12,20H,4-10,13-19H2,1-3H3. The zero-order valence-electron chi connectivity index (χ0n) is 15.5. The molecule has 1 nitrogen and oxygen atoms in total. The third-order valence-corrected chi connectivity index (χ3v) is 4.33. The molecule has 0 bridgehead atoms. The van der Waals surface area contributed by atoms with E-state index < -0.39 is 0 Å². The van der Waals surface area contributed by atoms with Crippen molar-refractivity contribution < 1.29 is 4.79 Å². The Morgan fingerprint density at radius 2 is 1.18 bits per heavy atom. The minimum Gasteiger partial charge on any atom is -0.299 e. The molecule has 0 aliphatic rings. The number of hydrogen-bond acceptors (Lipinski definition) is 1. The van der Waals surface area contributed by atoms with E-state index in [2.05, 4.69) is 19.1 Å². The molecule has 0 saturated heterocycles. The number of ketones is 1. The van der Waals surface area contributed by atoms with Crippen LogP contribution < -0.4 is 0 Å². The summed E-state index contributed by atoms with van der Waals surface area (Å²) in [6, 6.07) is 0. The summed E-state index contributed by atoms with van der Waals surface area (Å²) >= 11 is 0. The second-order valence-electron chi connectivity index (χ2n) is 6.96. The van der Waals surface area contributed by atoms with Crippen LogP contribution in [-0.4, -0.2) is 5.78 Å². The van der Waals surface area contributed by atoms with Crippen molar-refractivity contribution in [1.82, 2.24) is 0 Å². The molecule has 22 heavy (non-hydrogen) atoms. The first-order valence-corrected chi connectivity index (χ1v) is 9.86. The number of hydrogen-bond donors (Lipinski definition) is 0. The maximum absolute atomic E-state index is 11.5. The summed E-state index contributed by atoms with van der Waals surface area (Å²) in [4.78, 5) is 11.5. The van der Waals surface area contributed by atoms with Gasteiger partial charge in [-0.2, -0.15) is 0 Å². The van der Waals surface area contributed by atoms with E-state index in [0.29, 0.717) is 5.78 Å². The normalized spacial score (nSPS) is 11.6. The lowest BCUT2D eigenvalue weighted by atomic mass is 10.0. The summed E-state index contributed by atoms with van der Waals surface area (Å²) in [5.74, 6) is 0.648. The third-order valence-electron chi connectivity index (χ3n) is 4.33. The van der Waals surface area contributed by atoms with Crippen molar-refractivity contribution >= 4 is 5.78 Å². The largest absolute Gasteiger partial charge is 0.299 e. The lowest BCUT2D eigenvalue weighted by Gasteiger charge is -2.03. The molecule has 0 spiro atoms. The Hall–Kier alpha value is -0.590. The van der Waals surface area contributed by atoms with Crippen molar-refractivity contribution in [1.29, 1.82) is 0 Å². The Kier molecular flexibility index (Phi) is 16.3. The number of Topliss-reactive ketones (excluding diaryl/α,β-unsaturated/α-hetero) is 1. The SMILES string of the molecule is CCCCCCCCC=CCCCCCCCC(=O)C(C)C. The van der Waals surface area contributed by atoms with Gasteiger partial charge in [0.2, 0.25) is 0 Å². The van der Waals surface area contributed by atoms with Crippen molar-refractivity contribution in [3.63, 3.8) is 0 Å². The molecule has 0 N–H and O–H groups in total. The van der Waals surface area contributed by atoms with Gasteiger partial charge < -0.3 is 0 Å². The van der Waals surface area contributed by atoms with E-state index in [9.17, 15) is 4.79 Å². The average Bonchev–Trinajstić information content (AvgIpc) is 2.50. The smallest absolute Gasteiger partial charge is 0.135 e. The van der Waals surface area contributed by atoms with Gasteiger partial charge >= 0.3 is 0 Å². The number of carbonyl (C=O) groups excluding carboxylic acids is 1. The van der Waals surface area contributed by atoms with E-state index >= 15 is 0 Å². The van der Waals surface area contributed by atoms with Gasteiger partial charge in [-0.1, -0.05) is 84.3 Å². The van der Waals surface area contributed by atoms with Gasteiger partial charge in [-0.3, -0.25) is 4.79 Å². The van der Waals surface area contributed by atoms with Crippen LogP contribution in [0.5, 0.6) is 0 Å². The van der Waals surface area contributed by atoms with Gasteiger partial charge in [-0.25, -0.2) is 0 Å². The van der Waals surface area contributed by atoms with Crippen LogP contribution in [0.15, 0.2) is 12.2 Å². The maximum Gasteiger partial charge on any atom is 0.135 e. The van der Waals surface area contributed by atoms with Crippen molar-refractivity contribution in [2.45, 2.75) is 111 Å². The molecule has 0 aliphatic heterocycles. The van der Waals surface area contributed by atoms with Crippen LogP contribution in [0.2, 0.25) is 0 Å². The number of allylic oxidation sites excluding steroid dienone is 2. The molecule has 0 aromatic heterocycles. The van der Waals surface area contributed by atoms with Crippen LogP contribution >= 0.6 is 0 Å². The fourth-order valence-corrected chi connectivity index (χ4v) is 2.66. The molecular formula is C21H40O. The fraction of sp³-hybridized carbons (Fsp3) is 0.857. The molecule has 0 aliphatic carbocycles. The second kappa shape index (κ2) is 16.8. The van der Waals surface area contributed by atoms with Crippen LogP contribution in [0.25, 0.3) is 0 Å². The summed E-state index contributed by atoms with van der Waals surface area (Å²) in [6.07, 6.45) is 22.6. The van der Waals surface area contributed by atoms with E-state index in [0.717, 1.165) is 12.8 Å². The molecule has 0 atom stereocenters. The lowest BCUT2D eigenvalue weighted by molar-refractivity contribution is -0.122. The minimum atomic E-state index is 0.219. The predicted octanol–water partition coefficient (Wildman–Crippen LogP) is 7.25. The van der Waals surface area contributed by atoms with E-state index in [1.54, 1.807) is 0 Å². The average molecular weight is 309 g/mol. The lowest BCUT2D eigenvalue weighted by Crippen LogP contribution is -2.05. The van der Waals surface area contributed by atoms with Crippen LogP contribution in [0.1, 0.15) is 111 Å². The van der Waals surface area contributed by atoms with Gasteiger partial charge in [0.05, 0.1) is 0 Å². The van der Waals surface area contributed by atoms with Gasteiger partial charge in [-0.05, 0) is 32.1 Å². The third kappa shape index (κ3) is 15.8. The van der Waals surface area contributed by atoms with Gasteiger partial charge in [0, 0.05) is 12.3 Å². The van der Waals surface area contributed by atoms with E-state index in [4.69, 9.17) is 0 Å². The highest BCUT2D eigenvalue weighted by Crippen LogP contribution is 2.11. The molecule has 0 rings (SSSR count). The van der Waals surface area contributed by atoms with Crippen molar-refractivity contribution in [2.24, 2.45) is 5.92 Å². The molecule has 130 valence electrons. The molecule has 0 radical (unpaired) electrons. The molecule has 0 fully saturated rings. The summed E-state index contributed by atoms with van der Waals surface area (Å²) in [5, 5.41) is 0. The van der Waals surface area contributed by atoms with Crippen LogP contribution in [0, 0.1) is 5.92 Å². The van der Waals surface area contributed by atoms with E-state index in [-0.39, 0.29) is 5.92 Å². The molecule has 0 saturated carbocycles. The van der Waals surface area contributed by atoms with Gasteiger partial charge in [0.25, 0.3) is 0 Å². The van der Waals surface area contributed by atoms with Crippen molar-refractivity contribution in [3.05, 3.63) is 12.2 Å². The zero-order valence-corrected chi connectivity index (χ0v) is 15.5. The van der Waals surface area contributed by atoms with Gasteiger partial charge in [-0.15, -0.1) is 0 Å². The highest BCUT2D eigenvalue weighted by molar-refractivity contribution is 5.80. The summed E-state index contributed by atoms with van der Waals surface area (Å²) < 4.78 is 0.